The zero-order valence-corrected chi connectivity index (χ0v) is 9.68. The van der Waals surface area contributed by atoms with Crippen molar-refractivity contribution in [1.82, 2.24) is 4.98 Å². The van der Waals surface area contributed by atoms with Crippen LogP contribution >= 0.6 is 0 Å². The first-order valence-electron chi connectivity index (χ1n) is 5.12. The molecule has 0 amide bonds. The molecule has 0 spiro atoms. The molecule has 5 heteroatoms. The number of hydrogen-bond acceptors (Lipinski definition) is 5. The molecule has 0 saturated heterocycles. The Morgan fingerprint density at radius 1 is 1.59 bits per heavy atom. The number of ether oxygens (including phenoxy) is 1. The van der Waals surface area contributed by atoms with Gasteiger partial charge < -0.3 is 10.1 Å². The Balaban J connectivity index is 2.69. The summed E-state index contributed by atoms with van der Waals surface area (Å²) < 4.78 is 4.90. The normalized spacial score (nSPS) is 10.8. The highest BCUT2D eigenvalue weighted by Crippen LogP contribution is 2.04. The number of hydrogen-bond donors (Lipinski definition) is 1. The number of esters is 1. The second-order valence-corrected chi connectivity index (χ2v) is 3.48. The van der Waals surface area contributed by atoms with Crippen molar-refractivity contribution in [3.63, 3.8) is 0 Å². The van der Waals surface area contributed by atoms with Crippen LogP contribution in [0, 0.1) is 11.3 Å². The SMILES string of the molecule is CC(C)OC(=O)/C(C#N)=C/Nc1ccccn1. The molecular weight excluding hydrogens is 218 g/mol. The zero-order valence-electron chi connectivity index (χ0n) is 9.68. The van der Waals surface area contributed by atoms with Crippen molar-refractivity contribution in [2.24, 2.45) is 0 Å². The van der Waals surface area contributed by atoms with E-state index in [-0.39, 0.29) is 11.7 Å². The van der Waals surface area contributed by atoms with Crippen LogP contribution in [0.3, 0.4) is 0 Å². The molecule has 0 aliphatic carbocycles. The number of nitrogens with zero attached hydrogens (tertiary/aromatic N) is 2. The van der Waals surface area contributed by atoms with E-state index in [2.05, 4.69) is 10.3 Å². The van der Waals surface area contributed by atoms with Crippen molar-refractivity contribution in [2.75, 3.05) is 5.32 Å². The monoisotopic (exact) mass is 231 g/mol. The summed E-state index contributed by atoms with van der Waals surface area (Å²) in [4.78, 5) is 15.4. The number of aromatic nitrogens is 1. The van der Waals surface area contributed by atoms with Gasteiger partial charge in [0.15, 0.2) is 5.57 Å². The van der Waals surface area contributed by atoms with E-state index in [0.717, 1.165) is 0 Å². The van der Waals surface area contributed by atoms with Crippen LogP contribution in [0.4, 0.5) is 5.82 Å². The smallest absolute Gasteiger partial charge is 0.350 e. The molecule has 0 fully saturated rings. The lowest BCUT2D eigenvalue weighted by molar-refractivity contribution is -0.142. The number of nitriles is 1. The van der Waals surface area contributed by atoms with Gasteiger partial charge in [-0.25, -0.2) is 9.78 Å². The van der Waals surface area contributed by atoms with Gasteiger partial charge in [0.05, 0.1) is 6.10 Å². The fraction of sp³-hybridized carbons (Fsp3) is 0.250. The van der Waals surface area contributed by atoms with E-state index >= 15 is 0 Å². The van der Waals surface area contributed by atoms with Gasteiger partial charge in [0.2, 0.25) is 0 Å². The highest BCUT2D eigenvalue weighted by Gasteiger charge is 2.11. The molecule has 0 aliphatic rings. The van der Waals surface area contributed by atoms with Crippen molar-refractivity contribution in [3.8, 4) is 6.07 Å². The maximum atomic E-state index is 11.4. The summed E-state index contributed by atoms with van der Waals surface area (Å²) in [5, 5.41) is 11.6. The third kappa shape index (κ3) is 4.34. The largest absolute Gasteiger partial charge is 0.459 e. The lowest BCUT2D eigenvalue weighted by Gasteiger charge is -2.06. The zero-order chi connectivity index (χ0) is 12.7. The Kier molecular flexibility index (Phi) is 4.70. The molecule has 5 nitrogen and oxygen atoms in total. The number of rotatable bonds is 4. The van der Waals surface area contributed by atoms with Gasteiger partial charge in [-0.05, 0) is 26.0 Å². The van der Waals surface area contributed by atoms with Crippen LogP contribution in [0.15, 0.2) is 36.2 Å². The van der Waals surface area contributed by atoms with Gasteiger partial charge in [0, 0.05) is 12.4 Å². The van der Waals surface area contributed by atoms with Crippen molar-refractivity contribution >= 4 is 11.8 Å². The van der Waals surface area contributed by atoms with Crippen LogP contribution in [0.5, 0.6) is 0 Å². The molecule has 0 aliphatic heterocycles. The quantitative estimate of drug-likeness (QED) is 0.486. The van der Waals surface area contributed by atoms with Crippen LogP contribution in [0.1, 0.15) is 13.8 Å². The number of nitrogens with one attached hydrogen (secondary N) is 1. The molecular formula is C12H13N3O2. The topological polar surface area (TPSA) is 75.0 Å². The molecule has 0 saturated carbocycles. The summed E-state index contributed by atoms with van der Waals surface area (Å²) in [5.74, 6) is -0.0940. The highest BCUT2D eigenvalue weighted by molar-refractivity contribution is 5.93. The van der Waals surface area contributed by atoms with Gasteiger partial charge >= 0.3 is 5.97 Å². The summed E-state index contributed by atoms with van der Waals surface area (Å²) in [6, 6.07) is 7.06. The Labute approximate surface area is 99.7 Å². The Bertz CT molecular complexity index is 447. The predicted molar refractivity (Wildman–Crippen MR) is 62.8 cm³/mol. The Morgan fingerprint density at radius 3 is 2.88 bits per heavy atom. The van der Waals surface area contributed by atoms with E-state index in [1.165, 1.54) is 6.20 Å². The second-order valence-electron chi connectivity index (χ2n) is 3.48. The number of carbonyl (C=O) groups is 1. The van der Waals surface area contributed by atoms with E-state index in [9.17, 15) is 4.79 Å². The first-order chi connectivity index (χ1) is 8.13. The lowest BCUT2D eigenvalue weighted by Crippen LogP contribution is -2.13. The molecule has 1 aromatic heterocycles. The summed E-state index contributed by atoms with van der Waals surface area (Å²) >= 11 is 0. The summed E-state index contributed by atoms with van der Waals surface area (Å²) in [6.45, 7) is 3.44. The molecule has 1 aromatic rings. The van der Waals surface area contributed by atoms with E-state index < -0.39 is 5.97 Å². The molecule has 1 rings (SSSR count). The van der Waals surface area contributed by atoms with E-state index in [0.29, 0.717) is 5.82 Å². The Hall–Kier alpha value is -2.35. The Morgan fingerprint density at radius 2 is 2.35 bits per heavy atom. The minimum absolute atomic E-state index is 0.0932. The van der Waals surface area contributed by atoms with Crippen LogP contribution < -0.4 is 5.32 Å². The van der Waals surface area contributed by atoms with Crippen molar-refractivity contribution < 1.29 is 9.53 Å². The minimum Gasteiger partial charge on any atom is -0.459 e. The fourth-order valence-corrected chi connectivity index (χ4v) is 1.01. The fourth-order valence-electron chi connectivity index (χ4n) is 1.01. The lowest BCUT2D eigenvalue weighted by atomic mass is 10.3. The van der Waals surface area contributed by atoms with Gasteiger partial charge in [0.25, 0.3) is 0 Å². The van der Waals surface area contributed by atoms with Crippen molar-refractivity contribution in [3.05, 3.63) is 36.2 Å². The molecule has 17 heavy (non-hydrogen) atoms. The minimum atomic E-state index is -0.647. The number of anilines is 1. The average molecular weight is 231 g/mol. The van der Waals surface area contributed by atoms with Crippen molar-refractivity contribution in [1.29, 1.82) is 5.26 Å². The van der Waals surface area contributed by atoms with Gasteiger partial charge in [-0.3, -0.25) is 0 Å². The highest BCUT2D eigenvalue weighted by atomic mass is 16.5. The van der Waals surface area contributed by atoms with Crippen LogP contribution in [-0.2, 0) is 9.53 Å². The molecule has 1 N–H and O–H groups in total. The van der Waals surface area contributed by atoms with E-state index in [1.807, 2.05) is 0 Å². The third-order valence-corrected chi connectivity index (χ3v) is 1.71. The molecule has 1 heterocycles. The first kappa shape index (κ1) is 12.7. The average Bonchev–Trinajstić information content (AvgIpc) is 2.30. The summed E-state index contributed by atoms with van der Waals surface area (Å²) in [7, 11) is 0. The molecule has 0 atom stereocenters. The molecule has 0 radical (unpaired) electrons. The molecule has 0 aromatic carbocycles. The van der Waals surface area contributed by atoms with Gasteiger partial charge in [-0.1, -0.05) is 6.07 Å². The molecule has 0 bridgehead atoms. The third-order valence-electron chi connectivity index (χ3n) is 1.71. The van der Waals surface area contributed by atoms with E-state index in [4.69, 9.17) is 10.00 Å². The number of pyridine rings is 1. The van der Waals surface area contributed by atoms with Crippen LogP contribution in [-0.4, -0.2) is 17.1 Å². The van der Waals surface area contributed by atoms with Crippen molar-refractivity contribution in [2.45, 2.75) is 20.0 Å². The maximum Gasteiger partial charge on any atom is 0.350 e. The predicted octanol–water partition coefficient (Wildman–Crippen LogP) is 1.85. The van der Waals surface area contributed by atoms with Crippen LogP contribution in [0.2, 0.25) is 0 Å². The van der Waals surface area contributed by atoms with Gasteiger partial charge in [-0.2, -0.15) is 5.26 Å². The van der Waals surface area contributed by atoms with E-state index in [1.54, 1.807) is 44.3 Å². The molecule has 0 unspecified atom stereocenters. The number of carbonyl (C=O) groups excluding carboxylic acids is 1. The first-order valence-corrected chi connectivity index (χ1v) is 5.12. The van der Waals surface area contributed by atoms with Gasteiger partial charge in [0.1, 0.15) is 11.9 Å². The summed E-state index contributed by atoms with van der Waals surface area (Å²) in [5.41, 5.74) is -0.0932. The van der Waals surface area contributed by atoms with Crippen LogP contribution in [0.25, 0.3) is 0 Å². The summed E-state index contributed by atoms with van der Waals surface area (Å²) in [6.07, 6.45) is 2.64. The maximum absolute atomic E-state index is 11.4. The van der Waals surface area contributed by atoms with Gasteiger partial charge in [-0.15, -0.1) is 0 Å². The second kappa shape index (κ2) is 6.28. The molecule has 88 valence electrons. The standard InChI is InChI=1S/C12H13N3O2/c1-9(2)17-12(16)10(7-13)8-15-11-5-3-4-6-14-11/h3-6,8-9H,1-2H3,(H,14,15)/b10-8+.